The zero-order chi connectivity index (χ0) is 12.4. The largest absolute Gasteiger partial charge is 0.496 e. The first kappa shape index (κ1) is 11.7. The first-order chi connectivity index (χ1) is 8.11. The number of aromatic amines is 1. The van der Waals surface area contributed by atoms with Gasteiger partial charge in [0, 0.05) is 10.0 Å². The van der Waals surface area contributed by atoms with Crippen LogP contribution in [0.2, 0.25) is 0 Å². The van der Waals surface area contributed by atoms with Crippen LogP contribution >= 0.6 is 15.9 Å². The molecule has 0 atom stereocenters. The Hall–Kier alpha value is -1.82. The number of hydrogen-bond donors (Lipinski definition) is 2. The highest BCUT2D eigenvalue weighted by Gasteiger charge is 2.12. The Morgan fingerprint density at radius 1 is 1.47 bits per heavy atom. The van der Waals surface area contributed by atoms with Crippen LogP contribution in [0.5, 0.6) is 5.75 Å². The fraction of sp³-hybridized carbons (Fsp3) is 0.0909. The fourth-order valence-electron chi connectivity index (χ4n) is 1.46. The van der Waals surface area contributed by atoms with Gasteiger partial charge in [0.1, 0.15) is 11.4 Å². The second-order valence-electron chi connectivity index (χ2n) is 3.38. The summed E-state index contributed by atoms with van der Waals surface area (Å²) in [6, 6.07) is 7.14. The van der Waals surface area contributed by atoms with E-state index >= 15 is 0 Å². The second-order valence-corrected chi connectivity index (χ2v) is 4.29. The van der Waals surface area contributed by atoms with Gasteiger partial charge in [-0.2, -0.15) is 5.10 Å². The number of amides is 1. The molecule has 1 aromatic heterocycles. The molecule has 0 spiro atoms. The van der Waals surface area contributed by atoms with Crippen molar-refractivity contribution in [2.75, 3.05) is 7.11 Å². The predicted molar refractivity (Wildman–Crippen MR) is 66.8 cm³/mol. The van der Waals surface area contributed by atoms with Crippen LogP contribution in [0.15, 0.2) is 28.7 Å². The number of methoxy groups -OCH3 is 1. The van der Waals surface area contributed by atoms with E-state index in [9.17, 15) is 4.79 Å². The molecule has 0 bridgehead atoms. The van der Waals surface area contributed by atoms with Crippen molar-refractivity contribution >= 4 is 21.8 Å². The number of hydrogen-bond acceptors (Lipinski definition) is 3. The van der Waals surface area contributed by atoms with Crippen molar-refractivity contribution in [2.24, 2.45) is 5.73 Å². The highest BCUT2D eigenvalue weighted by Crippen LogP contribution is 2.31. The molecule has 17 heavy (non-hydrogen) atoms. The van der Waals surface area contributed by atoms with Crippen molar-refractivity contribution < 1.29 is 9.53 Å². The standard InChI is InChI=1S/C11H10BrN3O2/c1-17-10-4-6(12)2-3-7(10)8-5-9(11(13)16)15-14-8/h2-5H,1H3,(H2,13,16)(H,14,15). The summed E-state index contributed by atoms with van der Waals surface area (Å²) in [5.74, 6) is 0.127. The Bertz CT molecular complexity index is 566. The summed E-state index contributed by atoms with van der Waals surface area (Å²) < 4.78 is 6.16. The molecule has 1 amide bonds. The third-order valence-electron chi connectivity index (χ3n) is 2.28. The highest BCUT2D eigenvalue weighted by molar-refractivity contribution is 9.10. The topological polar surface area (TPSA) is 81.0 Å². The van der Waals surface area contributed by atoms with Gasteiger partial charge in [0.05, 0.1) is 12.8 Å². The Morgan fingerprint density at radius 2 is 2.24 bits per heavy atom. The lowest BCUT2D eigenvalue weighted by atomic mass is 10.1. The van der Waals surface area contributed by atoms with E-state index in [4.69, 9.17) is 10.5 Å². The number of nitrogens with zero attached hydrogens (tertiary/aromatic N) is 1. The van der Waals surface area contributed by atoms with Crippen LogP contribution in [0.25, 0.3) is 11.3 Å². The highest BCUT2D eigenvalue weighted by atomic mass is 79.9. The van der Waals surface area contributed by atoms with Gasteiger partial charge >= 0.3 is 0 Å². The van der Waals surface area contributed by atoms with Crippen molar-refractivity contribution in [3.05, 3.63) is 34.4 Å². The van der Waals surface area contributed by atoms with Gasteiger partial charge in [-0.25, -0.2) is 0 Å². The second kappa shape index (κ2) is 4.58. The van der Waals surface area contributed by atoms with Crippen molar-refractivity contribution in [1.82, 2.24) is 10.2 Å². The molecule has 0 fully saturated rings. The van der Waals surface area contributed by atoms with Crippen LogP contribution in [0, 0.1) is 0 Å². The summed E-state index contributed by atoms with van der Waals surface area (Å²) in [4.78, 5) is 11.0. The number of benzene rings is 1. The van der Waals surface area contributed by atoms with Crippen LogP contribution in [-0.2, 0) is 0 Å². The minimum atomic E-state index is -0.542. The monoisotopic (exact) mass is 295 g/mol. The molecule has 1 heterocycles. The molecule has 0 radical (unpaired) electrons. The summed E-state index contributed by atoms with van der Waals surface area (Å²) in [7, 11) is 1.58. The van der Waals surface area contributed by atoms with E-state index in [2.05, 4.69) is 26.1 Å². The zero-order valence-electron chi connectivity index (χ0n) is 9.03. The lowest BCUT2D eigenvalue weighted by molar-refractivity contribution is 0.0995. The Kier molecular flexibility index (Phi) is 3.14. The molecule has 2 aromatic rings. The fourth-order valence-corrected chi connectivity index (χ4v) is 1.80. The van der Waals surface area contributed by atoms with E-state index in [1.54, 1.807) is 13.2 Å². The normalized spacial score (nSPS) is 10.2. The molecular weight excluding hydrogens is 286 g/mol. The average molecular weight is 296 g/mol. The van der Waals surface area contributed by atoms with E-state index < -0.39 is 5.91 Å². The molecule has 88 valence electrons. The van der Waals surface area contributed by atoms with E-state index in [-0.39, 0.29) is 5.69 Å². The van der Waals surface area contributed by atoms with E-state index in [0.717, 1.165) is 10.0 Å². The molecule has 6 heteroatoms. The number of primary amides is 1. The summed E-state index contributed by atoms with van der Waals surface area (Å²) in [6.07, 6.45) is 0. The molecule has 0 saturated carbocycles. The number of carbonyl (C=O) groups excluding carboxylic acids is 1. The maximum Gasteiger partial charge on any atom is 0.266 e. The number of halogens is 1. The minimum absolute atomic E-state index is 0.268. The number of nitrogens with one attached hydrogen (secondary N) is 1. The van der Waals surface area contributed by atoms with Gasteiger partial charge in [0.2, 0.25) is 0 Å². The Balaban J connectivity index is 2.48. The number of rotatable bonds is 3. The third kappa shape index (κ3) is 2.31. The number of carbonyl (C=O) groups is 1. The molecule has 1 aromatic carbocycles. The van der Waals surface area contributed by atoms with Gasteiger partial charge in [-0.15, -0.1) is 0 Å². The molecule has 0 unspecified atom stereocenters. The van der Waals surface area contributed by atoms with Gasteiger partial charge in [-0.1, -0.05) is 15.9 Å². The summed E-state index contributed by atoms with van der Waals surface area (Å²) >= 11 is 3.36. The molecule has 0 aliphatic rings. The summed E-state index contributed by atoms with van der Waals surface area (Å²) in [5.41, 5.74) is 6.82. The van der Waals surface area contributed by atoms with Crippen molar-refractivity contribution in [3.63, 3.8) is 0 Å². The zero-order valence-corrected chi connectivity index (χ0v) is 10.6. The first-order valence-electron chi connectivity index (χ1n) is 4.81. The lowest BCUT2D eigenvalue weighted by Crippen LogP contribution is -2.10. The van der Waals surface area contributed by atoms with Crippen LogP contribution < -0.4 is 10.5 Å². The van der Waals surface area contributed by atoms with E-state index in [1.807, 2.05) is 18.2 Å². The van der Waals surface area contributed by atoms with Crippen LogP contribution in [0.1, 0.15) is 10.5 Å². The van der Waals surface area contributed by atoms with Crippen LogP contribution in [0.4, 0.5) is 0 Å². The number of ether oxygens (including phenoxy) is 1. The lowest BCUT2D eigenvalue weighted by Gasteiger charge is -2.05. The van der Waals surface area contributed by atoms with Gasteiger partial charge < -0.3 is 10.5 Å². The molecule has 0 saturated heterocycles. The number of nitrogens with two attached hydrogens (primary N) is 1. The summed E-state index contributed by atoms with van der Waals surface area (Å²) in [5, 5.41) is 6.60. The number of aromatic nitrogens is 2. The maximum absolute atomic E-state index is 11.0. The van der Waals surface area contributed by atoms with Crippen molar-refractivity contribution in [1.29, 1.82) is 0 Å². The first-order valence-corrected chi connectivity index (χ1v) is 5.60. The Labute approximate surface area is 106 Å². The van der Waals surface area contributed by atoms with Gasteiger partial charge in [-0.05, 0) is 24.3 Å². The quantitative estimate of drug-likeness (QED) is 0.908. The number of H-pyrrole nitrogens is 1. The van der Waals surface area contributed by atoms with Gasteiger partial charge in [-0.3, -0.25) is 9.89 Å². The summed E-state index contributed by atoms with van der Waals surface area (Å²) in [6.45, 7) is 0. The molecule has 3 N–H and O–H groups in total. The minimum Gasteiger partial charge on any atom is -0.496 e. The average Bonchev–Trinajstić information content (AvgIpc) is 2.78. The van der Waals surface area contributed by atoms with Crippen LogP contribution in [0.3, 0.4) is 0 Å². The third-order valence-corrected chi connectivity index (χ3v) is 2.78. The van der Waals surface area contributed by atoms with Crippen LogP contribution in [-0.4, -0.2) is 23.2 Å². The van der Waals surface area contributed by atoms with Crippen molar-refractivity contribution in [3.8, 4) is 17.0 Å². The molecular formula is C11H10BrN3O2. The van der Waals surface area contributed by atoms with Crippen molar-refractivity contribution in [2.45, 2.75) is 0 Å². The molecule has 0 aliphatic heterocycles. The SMILES string of the molecule is COc1cc(Br)ccc1-c1cc(C(N)=O)[nH]n1. The maximum atomic E-state index is 11.0. The predicted octanol–water partition coefficient (Wildman–Crippen LogP) is 1.95. The molecule has 2 rings (SSSR count). The Morgan fingerprint density at radius 3 is 2.82 bits per heavy atom. The molecule has 0 aliphatic carbocycles. The smallest absolute Gasteiger partial charge is 0.266 e. The molecule has 5 nitrogen and oxygen atoms in total. The van der Waals surface area contributed by atoms with Gasteiger partial charge in [0.15, 0.2) is 0 Å². The van der Waals surface area contributed by atoms with Gasteiger partial charge in [0.25, 0.3) is 5.91 Å². The van der Waals surface area contributed by atoms with E-state index in [1.165, 1.54) is 0 Å². The van der Waals surface area contributed by atoms with E-state index in [0.29, 0.717) is 11.4 Å².